The summed E-state index contributed by atoms with van der Waals surface area (Å²) in [5.74, 6) is -5.32. The maximum absolute atomic E-state index is 14.1. The average molecular weight is 1210 g/mol. The standard InChI is InChI=1S/C35H38FN3O6.C33H35FN2O5.Ca/c1-22(2)33-32(35(44)38-26-11-7-4-8-12-26)31(23-9-5-3-6-10-23)34(24-13-15-25(36)16-14-24)39(33)18-17-27(40)19-28(20-29(41)42)45-30(43)21-37;1-21(2)31-30(33(41)35-25-11-7-4-8-12-25)29(22-9-5-3-6-10-22)32(23-13-15-24(34)16-14-23)36(31)18-17-26(37)19-27(38)20-28(39)40;/h3-16,22,27-28,40H,17-21,37H2,1-2H3,(H,38,44)(H,41,42);3-16,21,26-27,37-38H,17-20H2,1-2H3,(H,35,41)(H,39,40);/q;;+2/p-2/t27-,28-;26-,27-;/m11./s1. The molecule has 0 aliphatic heterocycles. The van der Waals surface area contributed by atoms with Crippen LogP contribution in [0.5, 0.6) is 0 Å². The van der Waals surface area contributed by atoms with Gasteiger partial charge in [-0.25, -0.2) is 8.78 Å². The minimum atomic E-state index is -1.43. The Bertz CT molecular complexity index is 3550. The molecule has 2 aromatic heterocycles. The van der Waals surface area contributed by atoms with Crippen LogP contribution in [-0.4, -0.2) is 123 Å². The first-order valence-electron chi connectivity index (χ1n) is 28.5. The Hall–Kier alpha value is -7.81. The minimum absolute atomic E-state index is 0. The van der Waals surface area contributed by atoms with E-state index in [0.29, 0.717) is 61.8 Å². The van der Waals surface area contributed by atoms with Crippen molar-refractivity contribution in [2.45, 2.75) is 116 Å². The van der Waals surface area contributed by atoms with Crippen molar-refractivity contribution in [2.75, 3.05) is 17.2 Å². The average Bonchev–Trinajstić information content (AvgIpc) is 1.67. The number of hydrogen-bond donors (Lipinski definition) is 6. The second-order valence-electron chi connectivity index (χ2n) is 21.4. The maximum atomic E-state index is 14.1. The van der Waals surface area contributed by atoms with Gasteiger partial charge in [-0.3, -0.25) is 14.4 Å². The van der Waals surface area contributed by atoms with E-state index < -0.39 is 73.3 Å². The zero-order valence-corrected chi connectivity index (χ0v) is 51.2. The fraction of sp³-hybridized carbons (Fsp3) is 0.279. The first kappa shape index (κ1) is 68.3. The largest absolute Gasteiger partial charge is 2.00 e. The molecule has 0 aliphatic carbocycles. The first-order valence-corrected chi connectivity index (χ1v) is 28.5. The number of ether oxygens (including phenoxy) is 1. The number of benzene rings is 6. The number of amides is 2. The Morgan fingerprint density at radius 2 is 0.862 bits per heavy atom. The van der Waals surface area contributed by atoms with Crippen molar-refractivity contribution in [3.63, 3.8) is 0 Å². The zero-order chi connectivity index (χ0) is 62.0. The van der Waals surface area contributed by atoms with Gasteiger partial charge in [-0.2, -0.15) is 0 Å². The summed E-state index contributed by atoms with van der Waals surface area (Å²) >= 11 is 0. The van der Waals surface area contributed by atoms with Gasteiger partial charge in [0.05, 0.1) is 47.4 Å². The molecule has 0 bridgehead atoms. The molecule has 450 valence electrons. The molecule has 19 heteroatoms. The van der Waals surface area contributed by atoms with E-state index in [4.69, 9.17) is 10.5 Å². The number of nitrogens with zero attached hydrogens (tertiary/aromatic N) is 2. The Kier molecular flexibility index (Phi) is 25.7. The van der Waals surface area contributed by atoms with Crippen molar-refractivity contribution in [3.05, 3.63) is 204 Å². The number of halogens is 2. The fourth-order valence-corrected chi connectivity index (χ4v) is 10.7. The van der Waals surface area contributed by atoms with Crippen LogP contribution in [0.25, 0.3) is 44.8 Å². The van der Waals surface area contributed by atoms with Crippen LogP contribution in [0.3, 0.4) is 0 Å². The van der Waals surface area contributed by atoms with Gasteiger partial charge in [0, 0.05) is 78.2 Å². The number of carbonyl (C=O) groups excluding carboxylic acids is 5. The van der Waals surface area contributed by atoms with Gasteiger partial charge < -0.3 is 65.4 Å². The molecule has 8 aromatic rings. The Balaban J connectivity index is 0.000000276. The summed E-state index contributed by atoms with van der Waals surface area (Å²) in [4.78, 5) is 62.1. The quantitative estimate of drug-likeness (QED) is 0.0219. The fourth-order valence-electron chi connectivity index (χ4n) is 10.7. The topological polar surface area (TPSA) is 261 Å². The molecular weight excluding hydrogens is 1140 g/mol. The Morgan fingerprint density at radius 3 is 1.21 bits per heavy atom. The van der Waals surface area contributed by atoms with E-state index in [-0.39, 0.29) is 100 Å². The number of nitrogens with one attached hydrogen (secondary N) is 2. The summed E-state index contributed by atoms with van der Waals surface area (Å²) in [6, 6.07) is 49.2. The van der Waals surface area contributed by atoms with Gasteiger partial charge in [-0.15, -0.1) is 0 Å². The summed E-state index contributed by atoms with van der Waals surface area (Å²) < 4.78 is 37.2. The van der Waals surface area contributed by atoms with Crippen molar-refractivity contribution in [1.29, 1.82) is 0 Å². The Morgan fingerprint density at radius 1 is 0.506 bits per heavy atom. The smallest absolute Gasteiger partial charge is 0.550 e. The monoisotopic (exact) mass is 1210 g/mol. The second kappa shape index (κ2) is 32.8. The zero-order valence-electron chi connectivity index (χ0n) is 49.0. The number of anilines is 2. The van der Waals surface area contributed by atoms with E-state index in [9.17, 15) is 58.3 Å². The third-order valence-electron chi connectivity index (χ3n) is 14.3. The molecule has 2 heterocycles. The van der Waals surface area contributed by atoms with Gasteiger partial charge in [0.25, 0.3) is 11.8 Å². The van der Waals surface area contributed by atoms with Crippen LogP contribution in [0.1, 0.15) is 110 Å². The van der Waals surface area contributed by atoms with Crippen molar-refractivity contribution in [1.82, 2.24) is 9.13 Å². The van der Waals surface area contributed by atoms with Gasteiger partial charge in [-0.05, 0) is 126 Å². The van der Waals surface area contributed by atoms with Gasteiger partial charge in [0.15, 0.2) is 0 Å². The number of aliphatic carboxylic acids is 2. The summed E-state index contributed by atoms with van der Waals surface area (Å²) in [6.45, 7) is 7.93. The van der Waals surface area contributed by atoms with Crippen molar-refractivity contribution in [3.8, 4) is 44.8 Å². The van der Waals surface area contributed by atoms with Crippen LogP contribution in [-0.2, 0) is 32.2 Å². The molecule has 0 saturated carbocycles. The molecule has 2 amide bonds. The molecule has 7 N–H and O–H groups in total. The summed E-state index contributed by atoms with van der Waals surface area (Å²) in [6.07, 6.45) is -5.60. The van der Waals surface area contributed by atoms with Gasteiger partial charge in [0.2, 0.25) is 0 Å². The van der Waals surface area contributed by atoms with E-state index in [2.05, 4.69) is 10.6 Å². The number of nitrogens with two attached hydrogens (primary N) is 1. The SMILES string of the molecule is CC(C)c1c(C(=O)Nc2ccccc2)c(-c2ccccc2)c(-c2ccc(F)cc2)n1CC[C@@H](O)C[C@@H](O)CC(=O)[O-].CC(C)c1c(C(=O)Nc2ccccc2)c(-c2ccccc2)c(-c2ccc(F)cc2)n1CC[C@@H](O)C[C@H](CC(=O)[O-])OC(=O)CN.[Ca+2]. The predicted molar refractivity (Wildman–Crippen MR) is 328 cm³/mol. The van der Waals surface area contributed by atoms with Crippen LogP contribution >= 0.6 is 0 Å². The van der Waals surface area contributed by atoms with Crippen LogP contribution in [0.15, 0.2) is 170 Å². The number of carbonyl (C=O) groups is 5. The van der Waals surface area contributed by atoms with E-state index in [0.717, 1.165) is 16.8 Å². The van der Waals surface area contributed by atoms with Crippen molar-refractivity contribution < 1.29 is 63.0 Å². The molecule has 16 nitrogen and oxygen atoms in total. The minimum Gasteiger partial charge on any atom is -0.550 e. The number of aliphatic hydroxyl groups excluding tert-OH is 3. The van der Waals surface area contributed by atoms with E-state index in [1.54, 1.807) is 48.5 Å². The van der Waals surface area contributed by atoms with Crippen LogP contribution in [0.4, 0.5) is 20.2 Å². The number of carboxylic acids is 2. The molecule has 0 aliphatic rings. The predicted octanol–water partition coefficient (Wildman–Crippen LogP) is 9.09. The molecule has 8 rings (SSSR count). The number of para-hydroxylation sites is 2. The molecular formula is C68H71CaF2N5O11. The summed E-state index contributed by atoms with van der Waals surface area (Å²) in [5.41, 5.74) is 14.6. The number of aliphatic hydroxyl groups is 3. The second-order valence-corrected chi connectivity index (χ2v) is 21.4. The van der Waals surface area contributed by atoms with Gasteiger partial charge in [-0.1, -0.05) is 125 Å². The molecule has 0 fully saturated rings. The first-order chi connectivity index (χ1) is 41.2. The molecule has 0 unspecified atom stereocenters. The number of rotatable bonds is 26. The van der Waals surface area contributed by atoms with Gasteiger partial charge in [0.1, 0.15) is 17.7 Å². The third kappa shape index (κ3) is 18.6. The molecule has 0 spiro atoms. The molecule has 6 aromatic carbocycles. The summed E-state index contributed by atoms with van der Waals surface area (Å²) in [7, 11) is 0. The number of esters is 1. The molecule has 0 saturated heterocycles. The number of aromatic nitrogens is 2. The molecule has 4 atom stereocenters. The van der Waals surface area contributed by atoms with E-state index in [1.165, 1.54) is 24.3 Å². The number of carboxylic acid groups (broad SMARTS) is 2. The Labute approximate surface area is 534 Å². The van der Waals surface area contributed by atoms with Crippen molar-refractivity contribution >= 4 is 78.8 Å². The van der Waals surface area contributed by atoms with E-state index in [1.807, 2.05) is 134 Å². The van der Waals surface area contributed by atoms with Crippen molar-refractivity contribution in [2.24, 2.45) is 5.73 Å². The van der Waals surface area contributed by atoms with Crippen LogP contribution < -0.4 is 26.6 Å². The third-order valence-corrected chi connectivity index (χ3v) is 14.3. The van der Waals surface area contributed by atoms with Gasteiger partial charge >= 0.3 is 43.7 Å². The molecule has 87 heavy (non-hydrogen) atoms. The summed E-state index contributed by atoms with van der Waals surface area (Å²) in [5, 5.41) is 59.9. The maximum Gasteiger partial charge on any atom is 2.00 e. The van der Waals surface area contributed by atoms with Crippen LogP contribution in [0.2, 0.25) is 0 Å². The molecule has 0 radical (unpaired) electrons. The van der Waals surface area contributed by atoms with Crippen LogP contribution in [0, 0.1) is 11.6 Å². The number of hydrogen-bond acceptors (Lipinski definition) is 12. The van der Waals surface area contributed by atoms with E-state index >= 15 is 0 Å². The normalized spacial score (nSPS) is 12.5.